The maximum absolute atomic E-state index is 12.4. The van der Waals surface area contributed by atoms with Crippen LogP contribution in [0, 0.1) is 0 Å². The zero-order valence-corrected chi connectivity index (χ0v) is 17.2. The van der Waals surface area contributed by atoms with E-state index >= 15 is 0 Å². The first kappa shape index (κ1) is 21.3. The number of carbonyl (C=O) groups excluding carboxylic acids is 1. The van der Waals surface area contributed by atoms with E-state index in [0.29, 0.717) is 18.0 Å². The van der Waals surface area contributed by atoms with Crippen molar-refractivity contribution in [2.24, 2.45) is 0 Å². The molecule has 30 heavy (non-hydrogen) atoms. The first-order chi connectivity index (χ1) is 14.5. The van der Waals surface area contributed by atoms with Gasteiger partial charge in [-0.25, -0.2) is 4.68 Å². The molecule has 7 nitrogen and oxygen atoms in total. The Bertz CT molecular complexity index is 1010. The number of hydrogen-bond donors (Lipinski definition) is 1. The second-order valence-electron chi connectivity index (χ2n) is 7.16. The summed E-state index contributed by atoms with van der Waals surface area (Å²) in [5, 5.41) is 7.10. The fraction of sp³-hybridized carbons (Fsp3) is 0.261. The van der Waals surface area contributed by atoms with Crippen LogP contribution in [0.15, 0.2) is 71.5 Å². The van der Waals surface area contributed by atoms with Gasteiger partial charge in [0.1, 0.15) is 12.3 Å². The van der Waals surface area contributed by atoms with Crippen molar-refractivity contribution in [1.82, 2.24) is 14.7 Å². The molecule has 0 unspecified atom stereocenters. The number of hydrogen-bond acceptors (Lipinski definition) is 5. The highest BCUT2D eigenvalue weighted by molar-refractivity contribution is 5.90. The molecule has 2 aromatic carbocycles. The quantitative estimate of drug-likeness (QED) is 0.553. The third-order valence-electron chi connectivity index (χ3n) is 4.39. The van der Waals surface area contributed by atoms with Crippen LogP contribution in [-0.4, -0.2) is 47.8 Å². The number of rotatable bonds is 9. The molecular formula is C23H26N4O3. The Morgan fingerprint density at radius 3 is 2.47 bits per heavy atom. The highest BCUT2D eigenvalue weighted by Crippen LogP contribution is 2.16. The Morgan fingerprint density at radius 1 is 1.03 bits per heavy atom. The van der Waals surface area contributed by atoms with E-state index in [1.807, 2.05) is 56.6 Å². The van der Waals surface area contributed by atoms with Crippen LogP contribution in [0.5, 0.6) is 5.75 Å². The summed E-state index contributed by atoms with van der Waals surface area (Å²) in [4.78, 5) is 26.6. The summed E-state index contributed by atoms with van der Waals surface area (Å²) in [7, 11) is 4.05. The summed E-state index contributed by atoms with van der Waals surface area (Å²) in [6, 6.07) is 19.8. The maximum Gasteiger partial charge on any atom is 0.267 e. The molecule has 0 saturated heterocycles. The minimum atomic E-state index is -0.327. The van der Waals surface area contributed by atoms with Gasteiger partial charge in [0.2, 0.25) is 5.91 Å². The van der Waals surface area contributed by atoms with Gasteiger partial charge in [0.15, 0.2) is 0 Å². The van der Waals surface area contributed by atoms with Crippen LogP contribution >= 0.6 is 0 Å². The van der Waals surface area contributed by atoms with E-state index in [4.69, 9.17) is 4.74 Å². The molecule has 156 valence electrons. The number of nitrogens with zero attached hydrogens (tertiary/aromatic N) is 3. The van der Waals surface area contributed by atoms with Crippen molar-refractivity contribution in [3.8, 4) is 17.0 Å². The Morgan fingerprint density at radius 2 is 1.77 bits per heavy atom. The molecule has 0 radical (unpaired) electrons. The largest absolute Gasteiger partial charge is 0.494 e. The first-order valence-electron chi connectivity index (χ1n) is 9.82. The third kappa shape index (κ3) is 6.28. The normalized spacial score (nSPS) is 10.8. The molecule has 1 aromatic heterocycles. The van der Waals surface area contributed by atoms with Gasteiger partial charge in [0.05, 0.1) is 12.3 Å². The van der Waals surface area contributed by atoms with Crippen molar-refractivity contribution >= 4 is 11.6 Å². The van der Waals surface area contributed by atoms with Crippen molar-refractivity contribution in [3.05, 3.63) is 77.1 Å². The van der Waals surface area contributed by atoms with Crippen molar-refractivity contribution in [3.63, 3.8) is 0 Å². The fourth-order valence-electron chi connectivity index (χ4n) is 2.87. The number of anilines is 1. The molecule has 0 aliphatic rings. The lowest BCUT2D eigenvalue weighted by molar-refractivity contribution is -0.117. The predicted molar refractivity (Wildman–Crippen MR) is 118 cm³/mol. The standard InChI is InChI=1S/C23H26N4O3/c1-26(2)15-6-16-30-20-11-9-19(10-12-20)24-22(28)17-27-23(29)14-13-21(25-27)18-7-4-3-5-8-18/h3-5,7-14H,6,15-17H2,1-2H3,(H,24,28). The van der Waals surface area contributed by atoms with Crippen molar-refractivity contribution in [1.29, 1.82) is 0 Å². The SMILES string of the molecule is CN(C)CCCOc1ccc(NC(=O)Cn2nc(-c3ccccc3)ccc2=O)cc1. The number of ether oxygens (including phenoxy) is 1. The van der Waals surface area contributed by atoms with Crippen molar-refractivity contribution in [2.45, 2.75) is 13.0 Å². The molecule has 0 aliphatic carbocycles. The van der Waals surface area contributed by atoms with Gasteiger partial charge >= 0.3 is 0 Å². The van der Waals surface area contributed by atoms with Gasteiger partial charge in [-0.1, -0.05) is 30.3 Å². The second kappa shape index (κ2) is 10.4. The monoisotopic (exact) mass is 406 g/mol. The number of carbonyl (C=O) groups is 1. The van der Waals surface area contributed by atoms with Crippen LogP contribution in [0.2, 0.25) is 0 Å². The molecule has 1 N–H and O–H groups in total. The van der Waals surface area contributed by atoms with Crippen LogP contribution in [-0.2, 0) is 11.3 Å². The van der Waals surface area contributed by atoms with Gasteiger partial charge in [0, 0.05) is 23.9 Å². The van der Waals surface area contributed by atoms with E-state index < -0.39 is 0 Å². The second-order valence-corrected chi connectivity index (χ2v) is 7.16. The Balaban J connectivity index is 1.57. The summed E-state index contributed by atoms with van der Waals surface area (Å²) < 4.78 is 6.85. The topological polar surface area (TPSA) is 76.5 Å². The lowest BCUT2D eigenvalue weighted by atomic mass is 10.1. The summed E-state index contributed by atoms with van der Waals surface area (Å²) in [5.74, 6) is 0.426. The zero-order chi connectivity index (χ0) is 21.3. The van der Waals surface area contributed by atoms with E-state index in [9.17, 15) is 9.59 Å². The summed E-state index contributed by atoms with van der Waals surface area (Å²) >= 11 is 0. The Hall–Kier alpha value is -3.45. The number of benzene rings is 2. The first-order valence-corrected chi connectivity index (χ1v) is 9.82. The molecule has 0 saturated carbocycles. The summed E-state index contributed by atoms with van der Waals surface area (Å²) in [6.07, 6.45) is 0.940. The molecule has 0 fully saturated rings. The van der Waals surface area contributed by atoms with Gasteiger partial charge in [-0.15, -0.1) is 0 Å². The number of nitrogens with one attached hydrogen (secondary N) is 1. The third-order valence-corrected chi connectivity index (χ3v) is 4.39. The molecule has 3 rings (SSSR count). The van der Waals surface area contributed by atoms with Crippen LogP contribution < -0.4 is 15.6 Å². The average molecular weight is 406 g/mol. The Labute approximate surface area is 175 Å². The highest BCUT2D eigenvalue weighted by Gasteiger charge is 2.09. The molecule has 3 aromatic rings. The molecule has 1 amide bonds. The molecule has 0 bridgehead atoms. The molecule has 0 aliphatic heterocycles. The van der Waals surface area contributed by atoms with Crippen LogP contribution in [0.25, 0.3) is 11.3 Å². The van der Waals surface area contributed by atoms with E-state index in [1.54, 1.807) is 18.2 Å². The molecule has 7 heteroatoms. The van der Waals surface area contributed by atoms with E-state index in [0.717, 1.165) is 24.3 Å². The van der Waals surface area contributed by atoms with E-state index in [1.165, 1.54) is 10.7 Å². The number of aromatic nitrogens is 2. The molecule has 0 atom stereocenters. The van der Waals surface area contributed by atoms with Crippen LogP contribution in [0.4, 0.5) is 5.69 Å². The van der Waals surface area contributed by atoms with E-state index in [-0.39, 0.29) is 18.0 Å². The summed E-state index contributed by atoms with van der Waals surface area (Å²) in [6.45, 7) is 1.44. The Kier molecular flexibility index (Phi) is 7.34. The lowest BCUT2D eigenvalue weighted by Gasteiger charge is -2.11. The van der Waals surface area contributed by atoms with Gasteiger partial charge in [-0.3, -0.25) is 9.59 Å². The predicted octanol–water partition coefficient (Wildman–Crippen LogP) is 2.88. The van der Waals surface area contributed by atoms with E-state index in [2.05, 4.69) is 15.3 Å². The van der Waals surface area contributed by atoms with Crippen molar-refractivity contribution in [2.75, 3.05) is 32.6 Å². The molecule has 0 spiro atoms. The van der Waals surface area contributed by atoms with Gasteiger partial charge in [-0.05, 0) is 50.8 Å². The van der Waals surface area contributed by atoms with Gasteiger partial charge < -0.3 is 15.0 Å². The minimum absolute atomic E-state index is 0.164. The fourth-order valence-corrected chi connectivity index (χ4v) is 2.87. The average Bonchev–Trinajstić information content (AvgIpc) is 2.74. The van der Waals surface area contributed by atoms with Gasteiger partial charge in [0.25, 0.3) is 5.56 Å². The smallest absolute Gasteiger partial charge is 0.267 e. The van der Waals surface area contributed by atoms with Crippen molar-refractivity contribution < 1.29 is 9.53 Å². The highest BCUT2D eigenvalue weighted by atomic mass is 16.5. The maximum atomic E-state index is 12.4. The minimum Gasteiger partial charge on any atom is -0.494 e. The number of amides is 1. The zero-order valence-electron chi connectivity index (χ0n) is 17.2. The lowest BCUT2D eigenvalue weighted by Crippen LogP contribution is -2.29. The van der Waals surface area contributed by atoms with Crippen LogP contribution in [0.1, 0.15) is 6.42 Å². The molecular weight excluding hydrogens is 380 g/mol. The molecule has 1 heterocycles. The summed E-state index contributed by atoms with van der Waals surface area (Å²) in [5.41, 5.74) is 1.82. The van der Waals surface area contributed by atoms with Gasteiger partial charge in [-0.2, -0.15) is 5.10 Å². The van der Waals surface area contributed by atoms with Crippen LogP contribution in [0.3, 0.4) is 0 Å².